The van der Waals surface area contributed by atoms with Gasteiger partial charge in [0.05, 0.1) is 16.7 Å². The van der Waals surface area contributed by atoms with E-state index in [0.29, 0.717) is 41.5 Å². The highest BCUT2D eigenvalue weighted by Gasteiger charge is 2.29. The van der Waals surface area contributed by atoms with Crippen LogP contribution in [0, 0.1) is 18.8 Å². The van der Waals surface area contributed by atoms with Crippen molar-refractivity contribution in [2.24, 2.45) is 7.05 Å². The maximum absolute atomic E-state index is 15.4. The van der Waals surface area contributed by atoms with Gasteiger partial charge in [0.2, 0.25) is 5.95 Å². The molecule has 1 fully saturated rings. The average Bonchev–Trinajstić information content (AvgIpc) is 3.21. The third-order valence-electron chi connectivity index (χ3n) is 7.53. The van der Waals surface area contributed by atoms with Gasteiger partial charge in [-0.15, -0.1) is 0 Å². The quantitative estimate of drug-likeness (QED) is 0.380. The fourth-order valence-electron chi connectivity index (χ4n) is 5.14. The zero-order valence-electron chi connectivity index (χ0n) is 22.2. The largest absolute Gasteiger partial charge is 0.369 e. The summed E-state index contributed by atoms with van der Waals surface area (Å²) < 4.78 is 17.3. The molecule has 196 valence electrons. The van der Waals surface area contributed by atoms with Gasteiger partial charge in [-0.25, -0.2) is 9.37 Å². The lowest BCUT2D eigenvalue weighted by atomic mass is 9.98. The second-order valence-corrected chi connectivity index (χ2v) is 10.3. The number of likely N-dealkylation sites (N-methyl/N-ethyl adjacent to an activating group) is 1. The molecule has 0 unspecified atom stereocenters. The van der Waals surface area contributed by atoms with Crippen LogP contribution >= 0.6 is 0 Å². The Hall–Kier alpha value is -4.61. The first-order valence-electron chi connectivity index (χ1n) is 12.9. The van der Waals surface area contributed by atoms with Crippen LogP contribution in [0.3, 0.4) is 0 Å². The Balaban J connectivity index is 1.23. The van der Waals surface area contributed by atoms with Crippen molar-refractivity contribution in [1.82, 2.24) is 19.4 Å². The minimum absolute atomic E-state index is 0.210. The molecule has 1 saturated heterocycles. The van der Waals surface area contributed by atoms with Gasteiger partial charge in [0, 0.05) is 61.2 Å². The van der Waals surface area contributed by atoms with Gasteiger partial charge in [-0.2, -0.15) is 0 Å². The van der Waals surface area contributed by atoms with Crippen LogP contribution in [0.5, 0.6) is 0 Å². The second-order valence-electron chi connectivity index (χ2n) is 10.3. The third-order valence-corrected chi connectivity index (χ3v) is 7.53. The first-order valence-corrected chi connectivity index (χ1v) is 12.9. The molecule has 6 rings (SSSR count). The average molecular weight is 521 g/mol. The predicted octanol–water partition coefficient (Wildman–Crippen LogP) is 4.52. The van der Waals surface area contributed by atoms with Crippen molar-refractivity contribution >= 4 is 34.4 Å². The van der Waals surface area contributed by atoms with Crippen LogP contribution in [0.15, 0.2) is 60.3 Å². The summed E-state index contributed by atoms with van der Waals surface area (Å²) in [6, 6.07) is 16.7. The molecule has 8 heteroatoms. The van der Waals surface area contributed by atoms with Crippen LogP contribution in [0.2, 0.25) is 0 Å². The van der Waals surface area contributed by atoms with E-state index in [2.05, 4.69) is 31.9 Å². The molecule has 3 heterocycles. The molecule has 39 heavy (non-hydrogen) atoms. The zero-order chi connectivity index (χ0) is 27.3. The van der Waals surface area contributed by atoms with Gasteiger partial charge in [0.1, 0.15) is 0 Å². The van der Waals surface area contributed by atoms with Gasteiger partial charge in [0.25, 0.3) is 5.91 Å². The third kappa shape index (κ3) is 4.62. The van der Waals surface area contributed by atoms with Gasteiger partial charge in [-0.1, -0.05) is 24.0 Å². The molecule has 1 amide bonds. The summed E-state index contributed by atoms with van der Waals surface area (Å²) in [6.07, 6.45) is 0. The minimum Gasteiger partial charge on any atom is -0.369 e. The summed E-state index contributed by atoms with van der Waals surface area (Å²) in [7, 11) is 3.87. The number of nitrogens with two attached hydrogens (primary N) is 1. The van der Waals surface area contributed by atoms with Crippen LogP contribution in [0.4, 0.5) is 16.0 Å². The molecule has 2 aliphatic heterocycles. The van der Waals surface area contributed by atoms with Crippen molar-refractivity contribution in [1.29, 1.82) is 0 Å². The highest BCUT2D eigenvalue weighted by Crippen LogP contribution is 2.36. The lowest BCUT2D eigenvalue weighted by Crippen LogP contribution is -2.44. The summed E-state index contributed by atoms with van der Waals surface area (Å²) in [5.41, 5.74) is 13.4. The van der Waals surface area contributed by atoms with Gasteiger partial charge in [-0.05, 0) is 67.6 Å². The number of nitrogens with zero attached hydrogens (tertiary/aromatic N) is 4. The van der Waals surface area contributed by atoms with Crippen molar-refractivity contribution in [3.8, 4) is 11.8 Å². The number of piperazine rings is 1. The molecule has 0 spiro atoms. The van der Waals surface area contributed by atoms with Crippen LogP contribution < -0.4 is 11.1 Å². The van der Waals surface area contributed by atoms with Gasteiger partial charge in [0.15, 0.2) is 5.83 Å². The zero-order valence-corrected chi connectivity index (χ0v) is 22.2. The number of nitrogens with one attached hydrogen (secondary N) is 1. The molecular formula is C31H29FN6O. The summed E-state index contributed by atoms with van der Waals surface area (Å²) in [4.78, 5) is 21.7. The number of amides is 1. The van der Waals surface area contributed by atoms with E-state index in [1.165, 1.54) is 0 Å². The molecule has 1 aromatic heterocycles. The fourth-order valence-corrected chi connectivity index (χ4v) is 5.14. The Morgan fingerprint density at radius 1 is 1.03 bits per heavy atom. The van der Waals surface area contributed by atoms with Crippen molar-refractivity contribution in [2.45, 2.75) is 13.5 Å². The van der Waals surface area contributed by atoms with E-state index in [4.69, 9.17) is 5.73 Å². The standard InChI is InChI=1S/C31H29FN6O/c1-19-4-7-22(15-21(19)8-5-20-6-11-27-26(14-20)35-31(33)37(27)3)30(39)34-24-10-9-23-17-38-13-12-36(2)18-28(38)29(32)25(23)16-24/h4,6-7,9-11,14-16H,12-13,17-18H2,1-3H3,(H2,33,35)(H,34,39). The maximum Gasteiger partial charge on any atom is 0.255 e. The molecular weight excluding hydrogens is 491 g/mol. The number of nitrogen functional groups attached to an aromatic ring is 1. The van der Waals surface area contributed by atoms with Crippen molar-refractivity contribution in [2.75, 3.05) is 37.7 Å². The highest BCUT2D eigenvalue weighted by molar-refractivity contribution is 6.04. The maximum atomic E-state index is 15.4. The lowest BCUT2D eigenvalue weighted by molar-refractivity contribution is 0.102. The number of carbonyl (C=O) groups excluding carboxylic acids is 1. The molecule has 3 aromatic carbocycles. The number of hydrogen-bond acceptors (Lipinski definition) is 5. The second kappa shape index (κ2) is 9.61. The van der Waals surface area contributed by atoms with Gasteiger partial charge in [-0.3, -0.25) is 9.69 Å². The van der Waals surface area contributed by atoms with Crippen LogP contribution in [-0.2, 0) is 13.6 Å². The number of aryl methyl sites for hydroxylation is 2. The number of fused-ring (bicyclic) bond motifs is 3. The molecule has 2 aliphatic rings. The lowest BCUT2D eigenvalue weighted by Gasteiger charge is -2.39. The van der Waals surface area contributed by atoms with E-state index in [1.54, 1.807) is 18.2 Å². The normalized spacial score (nSPS) is 15.0. The smallest absolute Gasteiger partial charge is 0.255 e. The Bertz CT molecular complexity index is 1740. The highest BCUT2D eigenvalue weighted by atomic mass is 19.1. The molecule has 3 N–H and O–H groups in total. The number of halogens is 1. The molecule has 0 atom stereocenters. The molecule has 4 aromatic rings. The first-order chi connectivity index (χ1) is 18.8. The Morgan fingerprint density at radius 3 is 2.72 bits per heavy atom. The number of hydrogen-bond donors (Lipinski definition) is 2. The summed E-state index contributed by atoms with van der Waals surface area (Å²) >= 11 is 0. The van der Waals surface area contributed by atoms with E-state index in [0.717, 1.165) is 46.4 Å². The molecule has 0 radical (unpaired) electrons. The van der Waals surface area contributed by atoms with Crippen molar-refractivity contribution in [3.63, 3.8) is 0 Å². The van der Waals surface area contributed by atoms with Crippen LogP contribution in [0.25, 0.3) is 16.9 Å². The monoisotopic (exact) mass is 520 g/mol. The fraction of sp³-hybridized carbons (Fsp3) is 0.226. The van der Waals surface area contributed by atoms with E-state index < -0.39 is 0 Å². The SMILES string of the molecule is Cc1ccc(C(=O)Nc2ccc3c(c2)C(F)=C2CN(C)CCN2C3)cc1C#Cc1ccc2c(c1)nc(N)n2C. The van der Waals surface area contributed by atoms with E-state index in [9.17, 15) is 4.79 Å². The van der Waals surface area contributed by atoms with Crippen molar-refractivity contribution in [3.05, 3.63) is 93.7 Å². The minimum atomic E-state index is -0.272. The van der Waals surface area contributed by atoms with Crippen molar-refractivity contribution < 1.29 is 9.18 Å². The van der Waals surface area contributed by atoms with Crippen LogP contribution in [-0.4, -0.2) is 51.9 Å². The summed E-state index contributed by atoms with van der Waals surface area (Å²) in [5, 5.41) is 2.94. The number of anilines is 2. The molecule has 0 saturated carbocycles. The van der Waals surface area contributed by atoms with E-state index in [1.807, 2.05) is 62.0 Å². The predicted molar refractivity (Wildman–Crippen MR) is 153 cm³/mol. The Morgan fingerprint density at radius 2 is 1.87 bits per heavy atom. The topological polar surface area (TPSA) is 79.4 Å². The summed E-state index contributed by atoms with van der Waals surface area (Å²) in [5.74, 6) is 6.34. The van der Waals surface area contributed by atoms with Gasteiger partial charge >= 0.3 is 0 Å². The molecule has 0 aliphatic carbocycles. The number of aromatic nitrogens is 2. The first kappa shape index (κ1) is 24.7. The van der Waals surface area contributed by atoms with Crippen LogP contribution in [0.1, 0.15) is 38.2 Å². The number of carbonyl (C=O) groups is 1. The Kier molecular flexibility index (Phi) is 6.09. The number of rotatable bonds is 2. The summed E-state index contributed by atoms with van der Waals surface area (Å²) in [6.45, 7) is 4.94. The molecule has 7 nitrogen and oxygen atoms in total. The van der Waals surface area contributed by atoms with E-state index in [-0.39, 0.29) is 11.7 Å². The Labute approximate surface area is 226 Å². The van der Waals surface area contributed by atoms with E-state index >= 15 is 4.39 Å². The number of benzene rings is 3. The number of imidazole rings is 1. The van der Waals surface area contributed by atoms with Gasteiger partial charge < -0.3 is 20.5 Å². The molecule has 0 bridgehead atoms.